The lowest BCUT2D eigenvalue weighted by Crippen LogP contribution is -2.38. The van der Waals surface area contributed by atoms with Crippen molar-refractivity contribution in [3.63, 3.8) is 0 Å². The summed E-state index contributed by atoms with van der Waals surface area (Å²) in [6, 6.07) is 15.0. The molecule has 1 fully saturated rings. The number of benzene rings is 3. The van der Waals surface area contributed by atoms with Crippen LogP contribution in [0, 0.1) is 5.82 Å². The number of nitrogens with zero attached hydrogens (tertiary/aromatic N) is 1. The molecule has 0 bridgehead atoms. The molecule has 0 saturated carbocycles. The minimum absolute atomic E-state index is 0.126. The highest BCUT2D eigenvalue weighted by molar-refractivity contribution is 6.02. The molecule has 6 rings (SSSR count). The number of hydrogen-bond acceptors (Lipinski definition) is 5. The lowest BCUT2D eigenvalue weighted by atomic mass is 9.80. The molecule has 7 heteroatoms. The summed E-state index contributed by atoms with van der Waals surface area (Å²) < 4.78 is 52.9. The summed E-state index contributed by atoms with van der Waals surface area (Å²) in [4.78, 5) is 2.29. The fourth-order valence-corrected chi connectivity index (χ4v) is 5.54. The molecule has 0 amide bonds. The minimum atomic E-state index is -1.38. The van der Waals surface area contributed by atoms with Crippen molar-refractivity contribution in [2.45, 2.75) is 17.9 Å². The van der Waals surface area contributed by atoms with Gasteiger partial charge in [0.05, 0.1) is 20.3 Å². The number of rotatable bonds is 5. The van der Waals surface area contributed by atoms with E-state index in [0.717, 1.165) is 35.1 Å². The molecular formula is C31H29F2NO4. The van der Waals surface area contributed by atoms with Crippen LogP contribution in [0.25, 0.3) is 16.8 Å². The molecule has 1 aliphatic carbocycles. The first-order chi connectivity index (χ1) is 18.5. The Balaban J connectivity index is 1.54. The summed E-state index contributed by atoms with van der Waals surface area (Å²) in [5, 5.41) is 2.17. The van der Waals surface area contributed by atoms with Crippen LogP contribution in [0.3, 0.4) is 0 Å². The average molecular weight is 518 g/mol. The molecule has 3 unspecified atom stereocenters. The highest BCUT2D eigenvalue weighted by atomic mass is 19.1. The van der Waals surface area contributed by atoms with E-state index in [1.54, 1.807) is 24.3 Å². The molecule has 196 valence electrons. The molecule has 0 radical (unpaired) electrons. The van der Waals surface area contributed by atoms with Crippen molar-refractivity contribution in [1.29, 1.82) is 0 Å². The number of fused-ring (bicyclic) bond motifs is 3. The van der Waals surface area contributed by atoms with Crippen molar-refractivity contribution in [3.05, 3.63) is 95.4 Å². The molecule has 5 nitrogen and oxygen atoms in total. The molecular weight excluding hydrogens is 488 g/mol. The number of alkyl halides is 1. The van der Waals surface area contributed by atoms with Crippen LogP contribution < -0.4 is 14.4 Å². The second-order valence-corrected chi connectivity index (χ2v) is 9.60. The number of hydrogen-bond donors (Lipinski definition) is 0. The quantitative estimate of drug-likeness (QED) is 0.417. The van der Waals surface area contributed by atoms with E-state index in [2.05, 4.69) is 17.0 Å². The predicted octanol–water partition coefficient (Wildman–Crippen LogP) is 5.97. The molecule has 0 spiro atoms. The fourth-order valence-electron chi connectivity index (χ4n) is 5.54. The molecule has 38 heavy (non-hydrogen) atoms. The zero-order chi connectivity index (χ0) is 26.3. The Kier molecular flexibility index (Phi) is 6.41. The number of methoxy groups -OCH3 is 2. The van der Waals surface area contributed by atoms with Gasteiger partial charge in [0.15, 0.2) is 17.2 Å². The Labute approximate surface area is 220 Å². The summed E-state index contributed by atoms with van der Waals surface area (Å²) in [7, 11) is 2.89. The summed E-state index contributed by atoms with van der Waals surface area (Å²) in [5.74, 6) is 0.245. The fraction of sp³-hybridized carbons (Fsp3) is 0.290. The maximum atomic E-state index is 15.1. The smallest absolute Gasteiger partial charge is 0.178 e. The van der Waals surface area contributed by atoms with Crippen LogP contribution in [0.2, 0.25) is 0 Å². The van der Waals surface area contributed by atoms with Gasteiger partial charge in [0, 0.05) is 54.0 Å². The first-order valence-corrected chi connectivity index (χ1v) is 12.7. The molecule has 3 aliphatic rings. The van der Waals surface area contributed by atoms with E-state index < -0.39 is 23.7 Å². The number of anilines is 1. The van der Waals surface area contributed by atoms with Gasteiger partial charge in [-0.3, -0.25) is 0 Å². The number of ether oxygens (including phenoxy) is 4. The van der Waals surface area contributed by atoms with E-state index in [1.807, 2.05) is 30.4 Å². The van der Waals surface area contributed by atoms with Crippen LogP contribution in [-0.2, 0) is 15.1 Å². The van der Waals surface area contributed by atoms with Gasteiger partial charge in [-0.15, -0.1) is 0 Å². The largest absolute Gasteiger partial charge is 0.494 e. The van der Waals surface area contributed by atoms with Gasteiger partial charge < -0.3 is 23.8 Å². The van der Waals surface area contributed by atoms with E-state index in [4.69, 9.17) is 18.9 Å². The van der Waals surface area contributed by atoms with Crippen molar-refractivity contribution in [3.8, 4) is 11.5 Å². The molecule has 2 heterocycles. The summed E-state index contributed by atoms with van der Waals surface area (Å²) in [6.45, 7) is 2.83. The Morgan fingerprint density at radius 2 is 1.79 bits per heavy atom. The van der Waals surface area contributed by atoms with E-state index in [1.165, 1.54) is 26.4 Å². The molecule has 0 aromatic heterocycles. The lowest BCUT2D eigenvalue weighted by molar-refractivity contribution is 0.0819. The van der Waals surface area contributed by atoms with Gasteiger partial charge in [-0.1, -0.05) is 42.5 Å². The lowest BCUT2D eigenvalue weighted by Gasteiger charge is -2.39. The maximum absolute atomic E-state index is 15.1. The predicted molar refractivity (Wildman–Crippen MR) is 144 cm³/mol. The van der Waals surface area contributed by atoms with Gasteiger partial charge >= 0.3 is 0 Å². The monoisotopic (exact) mass is 517 g/mol. The zero-order valence-electron chi connectivity index (χ0n) is 21.3. The molecule has 2 aliphatic heterocycles. The Hall–Kier alpha value is -3.68. The zero-order valence-corrected chi connectivity index (χ0v) is 21.3. The summed E-state index contributed by atoms with van der Waals surface area (Å²) >= 11 is 0. The molecule has 1 saturated heterocycles. The van der Waals surface area contributed by atoms with Crippen molar-refractivity contribution in [1.82, 2.24) is 0 Å². The van der Waals surface area contributed by atoms with E-state index in [0.29, 0.717) is 30.1 Å². The third-order valence-corrected chi connectivity index (χ3v) is 7.53. The van der Waals surface area contributed by atoms with Crippen LogP contribution in [0.5, 0.6) is 11.5 Å². The molecule has 0 N–H and O–H groups in total. The second kappa shape index (κ2) is 9.89. The van der Waals surface area contributed by atoms with Crippen molar-refractivity contribution in [2.75, 3.05) is 45.4 Å². The van der Waals surface area contributed by atoms with Gasteiger partial charge in [-0.05, 0) is 35.7 Å². The Morgan fingerprint density at radius 1 is 1.00 bits per heavy atom. The van der Waals surface area contributed by atoms with Gasteiger partial charge in [0.25, 0.3) is 0 Å². The third kappa shape index (κ3) is 4.06. The van der Waals surface area contributed by atoms with Crippen molar-refractivity contribution >= 4 is 22.5 Å². The first-order valence-electron chi connectivity index (χ1n) is 12.7. The highest BCUT2D eigenvalue weighted by Gasteiger charge is 2.41. The highest BCUT2D eigenvalue weighted by Crippen LogP contribution is 2.48. The van der Waals surface area contributed by atoms with Crippen LogP contribution >= 0.6 is 0 Å². The second-order valence-electron chi connectivity index (χ2n) is 9.60. The Morgan fingerprint density at radius 3 is 2.50 bits per heavy atom. The molecule has 3 aromatic carbocycles. The van der Waals surface area contributed by atoms with Crippen LogP contribution in [0.15, 0.2) is 78.4 Å². The SMILES string of the molecule is COc1ccc(C2(C3=CC(F)C(OC)C=C3)C=Cc3c(cc(N4CCOCC4)c4ccccc34)O2)cc1F. The molecule has 3 atom stereocenters. The van der Waals surface area contributed by atoms with E-state index >= 15 is 4.39 Å². The van der Waals surface area contributed by atoms with Crippen molar-refractivity contribution < 1.29 is 27.7 Å². The average Bonchev–Trinajstić information content (AvgIpc) is 2.96. The number of halogens is 2. The Bertz CT molecular complexity index is 1460. The van der Waals surface area contributed by atoms with Crippen LogP contribution in [0.4, 0.5) is 14.5 Å². The van der Waals surface area contributed by atoms with Crippen LogP contribution in [0.1, 0.15) is 11.1 Å². The third-order valence-electron chi connectivity index (χ3n) is 7.53. The maximum Gasteiger partial charge on any atom is 0.178 e. The van der Waals surface area contributed by atoms with Gasteiger partial charge in [0.1, 0.15) is 18.0 Å². The molecule has 3 aromatic rings. The summed E-state index contributed by atoms with van der Waals surface area (Å²) in [6.07, 6.45) is 6.78. The van der Waals surface area contributed by atoms with E-state index in [-0.39, 0.29) is 5.75 Å². The number of morpholine rings is 1. The summed E-state index contributed by atoms with van der Waals surface area (Å²) in [5.41, 5.74) is 1.80. The van der Waals surface area contributed by atoms with E-state index in [9.17, 15) is 4.39 Å². The van der Waals surface area contributed by atoms with Crippen molar-refractivity contribution in [2.24, 2.45) is 0 Å². The first kappa shape index (κ1) is 24.6. The van der Waals surface area contributed by atoms with Gasteiger partial charge in [-0.2, -0.15) is 0 Å². The topological polar surface area (TPSA) is 40.2 Å². The standard InChI is InChI=1S/C31H29F2NO4/c1-35-28-9-7-20(17-25(28)32)31(21-8-10-29(36-2)26(33)18-21)12-11-24-22-5-3-4-6-23(22)27(19-30(24)38-31)34-13-15-37-16-14-34/h3-12,17-19,25,28H,13-16H2,1-2H3. The van der Waals surface area contributed by atoms with Gasteiger partial charge in [0.2, 0.25) is 0 Å². The van der Waals surface area contributed by atoms with Crippen LogP contribution in [-0.4, -0.2) is 52.8 Å². The minimum Gasteiger partial charge on any atom is -0.494 e. The normalized spacial score (nSPS) is 24.6. The van der Waals surface area contributed by atoms with Gasteiger partial charge in [-0.25, -0.2) is 8.78 Å².